The zero-order valence-corrected chi connectivity index (χ0v) is 27.8. The van der Waals surface area contributed by atoms with Crippen LogP contribution < -0.4 is 10.2 Å². The lowest BCUT2D eigenvalue weighted by Gasteiger charge is -2.38. The van der Waals surface area contributed by atoms with Gasteiger partial charge in [0.1, 0.15) is 22.2 Å². The Morgan fingerprint density at radius 1 is 1.13 bits per heavy atom. The van der Waals surface area contributed by atoms with Gasteiger partial charge in [0.25, 0.3) is 0 Å². The number of nitriles is 1. The molecule has 3 aromatic heterocycles. The molecular weight excluding hydrogens is 626 g/mol. The van der Waals surface area contributed by atoms with Crippen LogP contribution in [-0.2, 0) is 22.7 Å². The Kier molecular flexibility index (Phi) is 7.99. The van der Waals surface area contributed by atoms with Gasteiger partial charge in [0, 0.05) is 67.3 Å². The number of thiophene rings is 1. The Bertz CT molecular complexity index is 1950. The third-order valence-corrected chi connectivity index (χ3v) is 10.4. The van der Waals surface area contributed by atoms with Crippen LogP contribution in [0.2, 0.25) is 0 Å². The highest BCUT2D eigenvalue weighted by Crippen LogP contribution is 2.46. The van der Waals surface area contributed by atoms with Crippen LogP contribution in [0.4, 0.5) is 24.5 Å². The summed E-state index contributed by atoms with van der Waals surface area (Å²) in [5, 5.41) is 13.5. The Hall–Kier alpha value is -4.03. The van der Waals surface area contributed by atoms with E-state index in [0.717, 1.165) is 62.2 Å². The standard InChI is InChI=1S/C33H36F2N8O3S/c1-17-23(42-10-8-41(5)9-11-42)6-7-43(17)31-38-13-19-20-15-45-16-21(20)24(26(35)27(19)39-31)28-25-18(12-36)30(40-32(44)46-33(2,3)4)47-29(25)22(34)14-37-28/h13-14,17,23H,6-11,15-16H2,1-5H3,(H,40,44)/t17-,23-/m0/s1. The van der Waals surface area contributed by atoms with E-state index < -0.39 is 23.3 Å². The molecule has 7 rings (SSSR count). The van der Waals surface area contributed by atoms with Crippen LogP contribution in [0.25, 0.3) is 32.2 Å². The molecule has 1 aromatic carbocycles. The second kappa shape index (κ2) is 11.9. The quantitative estimate of drug-likeness (QED) is 0.294. The van der Waals surface area contributed by atoms with Gasteiger partial charge in [-0.3, -0.25) is 15.2 Å². The third kappa shape index (κ3) is 5.54. The van der Waals surface area contributed by atoms with E-state index in [0.29, 0.717) is 22.9 Å². The van der Waals surface area contributed by atoms with Crippen LogP contribution in [0.5, 0.6) is 0 Å². The number of halogens is 2. The molecule has 0 saturated carbocycles. The summed E-state index contributed by atoms with van der Waals surface area (Å²) in [6, 6.07) is 2.55. The number of likely N-dealkylation sites (N-methyl/N-ethyl adjacent to an activating group) is 1. The Labute approximate surface area is 275 Å². The summed E-state index contributed by atoms with van der Waals surface area (Å²) in [6.07, 6.45) is 2.84. The number of rotatable bonds is 4. The maximum Gasteiger partial charge on any atom is 0.412 e. The van der Waals surface area contributed by atoms with Gasteiger partial charge in [-0.2, -0.15) is 5.26 Å². The predicted molar refractivity (Wildman–Crippen MR) is 175 cm³/mol. The molecule has 6 heterocycles. The third-order valence-electron chi connectivity index (χ3n) is 9.30. The molecule has 47 heavy (non-hydrogen) atoms. The number of carbonyl (C=O) groups is 1. The molecule has 2 saturated heterocycles. The molecule has 1 amide bonds. The van der Waals surface area contributed by atoms with Crippen LogP contribution in [0, 0.1) is 23.0 Å². The van der Waals surface area contributed by atoms with Crippen LogP contribution in [0.1, 0.15) is 50.8 Å². The number of fused-ring (bicyclic) bond motifs is 4. The first kappa shape index (κ1) is 31.6. The van der Waals surface area contributed by atoms with E-state index >= 15 is 8.78 Å². The van der Waals surface area contributed by atoms with Crippen LogP contribution in [0.3, 0.4) is 0 Å². The highest BCUT2D eigenvalue weighted by atomic mass is 32.1. The molecule has 2 atom stereocenters. The monoisotopic (exact) mass is 662 g/mol. The molecule has 0 radical (unpaired) electrons. The second-order valence-corrected chi connectivity index (χ2v) is 14.4. The first-order valence-corrected chi connectivity index (χ1v) is 16.5. The molecule has 14 heteroatoms. The minimum Gasteiger partial charge on any atom is -0.444 e. The number of aromatic nitrogens is 3. The summed E-state index contributed by atoms with van der Waals surface area (Å²) in [5.41, 5.74) is 0.749. The summed E-state index contributed by atoms with van der Waals surface area (Å²) in [4.78, 5) is 33.5. The zero-order chi connectivity index (χ0) is 33.2. The number of ether oxygens (including phenoxy) is 2. The molecule has 0 aliphatic carbocycles. The topological polar surface area (TPSA) is 120 Å². The lowest BCUT2D eigenvalue weighted by molar-refractivity contribution is 0.0636. The average Bonchev–Trinajstić information content (AvgIpc) is 3.75. The van der Waals surface area contributed by atoms with Gasteiger partial charge in [0.05, 0.1) is 35.4 Å². The van der Waals surface area contributed by atoms with Crippen molar-refractivity contribution in [3.8, 4) is 17.3 Å². The molecule has 3 aliphatic heterocycles. The summed E-state index contributed by atoms with van der Waals surface area (Å²) in [6.45, 7) is 12.4. The number of nitrogens with one attached hydrogen (secondary N) is 1. The van der Waals surface area contributed by atoms with Crippen LogP contribution in [-0.4, -0.2) is 88.3 Å². The fourth-order valence-electron chi connectivity index (χ4n) is 6.99. The summed E-state index contributed by atoms with van der Waals surface area (Å²) < 4.78 is 43.4. The van der Waals surface area contributed by atoms with Crippen molar-refractivity contribution >= 4 is 49.4 Å². The Morgan fingerprint density at radius 2 is 1.87 bits per heavy atom. The normalized spacial score (nSPS) is 20.6. The molecule has 1 N–H and O–H groups in total. The van der Waals surface area contributed by atoms with Gasteiger partial charge in [-0.1, -0.05) is 0 Å². The molecule has 0 bridgehead atoms. The van der Waals surface area contributed by atoms with E-state index in [1.807, 2.05) is 0 Å². The summed E-state index contributed by atoms with van der Waals surface area (Å²) in [7, 11) is 2.14. The summed E-state index contributed by atoms with van der Waals surface area (Å²) in [5.74, 6) is -0.897. The fraction of sp³-hybridized carbons (Fsp3) is 0.485. The maximum absolute atomic E-state index is 17.0. The first-order valence-electron chi connectivity index (χ1n) is 15.7. The molecular formula is C33H36F2N8O3S. The van der Waals surface area contributed by atoms with Gasteiger partial charge in [0.2, 0.25) is 5.95 Å². The fourth-order valence-corrected chi connectivity index (χ4v) is 8.03. The van der Waals surface area contributed by atoms with Crippen molar-refractivity contribution in [1.82, 2.24) is 24.8 Å². The zero-order valence-electron chi connectivity index (χ0n) is 27.0. The molecule has 0 spiro atoms. The van der Waals surface area contributed by atoms with Crippen molar-refractivity contribution in [3.63, 3.8) is 0 Å². The first-order chi connectivity index (χ1) is 22.4. The highest BCUT2D eigenvalue weighted by molar-refractivity contribution is 7.23. The van der Waals surface area contributed by atoms with Crippen LogP contribution in [0.15, 0.2) is 12.4 Å². The number of piperazine rings is 1. The van der Waals surface area contributed by atoms with Crippen molar-refractivity contribution in [2.75, 3.05) is 50.0 Å². The van der Waals surface area contributed by atoms with Gasteiger partial charge < -0.3 is 19.3 Å². The van der Waals surface area contributed by atoms with Crippen LogP contribution >= 0.6 is 11.3 Å². The maximum atomic E-state index is 17.0. The Morgan fingerprint density at radius 3 is 2.60 bits per heavy atom. The van der Waals surface area contributed by atoms with Crippen molar-refractivity contribution in [2.24, 2.45) is 0 Å². The molecule has 0 unspecified atom stereocenters. The number of pyridine rings is 1. The van der Waals surface area contributed by atoms with E-state index in [-0.39, 0.29) is 56.7 Å². The number of anilines is 2. The minimum absolute atomic E-state index is 0.0331. The number of hydrogen-bond acceptors (Lipinski definition) is 11. The van der Waals surface area contributed by atoms with Crippen molar-refractivity contribution in [2.45, 2.75) is 65.0 Å². The smallest absolute Gasteiger partial charge is 0.412 e. The van der Waals surface area contributed by atoms with Gasteiger partial charge in [-0.25, -0.2) is 23.5 Å². The van der Waals surface area contributed by atoms with E-state index in [9.17, 15) is 10.1 Å². The minimum atomic E-state index is -0.795. The van der Waals surface area contributed by atoms with Gasteiger partial charge >= 0.3 is 6.09 Å². The lowest BCUT2D eigenvalue weighted by atomic mass is 9.94. The van der Waals surface area contributed by atoms with E-state index in [2.05, 4.69) is 45.0 Å². The van der Waals surface area contributed by atoms with Crippen molar-refractivity contribution in [3.05, 3.63) is 40.7 Å². The average molecular weight is 663 g/mol. The van der Waals surface area contributed by atoms with E-state index in [4.69, 9.17) is 19.4 Å². The lowest BCUT2D eigenvalue weighted by Crippen LogP contribution is -2.52. The predicted octanol–water partition coefficient (Wildman–Crippen LogP) is 5.65. The molecule has 11 nitrogen and oxygen atoms in total. The second-order valence-electron chi connectivity index (χ2n) is 13.4. The van der Waals surface area contributed by atoms with Gasteiger partial charge in [-0.15, -0.1) is 11.3 Å². The number of benzene rings is 1. The number of hydrogen-bond donors (Lipinski definition) is 1. The highest BCUT2D eigenvalue weighted by Gasteiger charge is 2.38. The van der Waals surface area contributed by atoms with E-state index in [1.165, 1.54) is 0 Å². The van der Waals surface area contributed by atoms with E-state index in [1.54, 1.807) is 27.0 Å². The summed E-state index contributed by atoms with van der Waals surface area (Å²) >= 11 is 0.870. The van der Waals surface area contributed by atoms with Gasteiger partial charge in [0.15, 0.2) is 11.6 Å². The number of nitrogens with zero attached hydrogens (tertiary/aromatic N) is 7. The SMILES string of the molecule is C[C@H]1[C@@H](N2CCN(C)CC2)CCN1c1ncc2c3c(c(-c4ncc(F)c5sc(NC(=O)OC(C)(C)C)c(C#N)c45)c(F)c2n1)COC3. The molecule has 3 aliphatic rings. The van der Waals surface area contributed by atoms with Gasteiger partial charge in [-0.05, 0) is 52.3 Å². The molecule has 4 aromatic rings. The molecule has 2 fully saturated rings. The molecule has 246 valence electrons. The number of carbonyl (C=O) groups excluding carboxylic acids is 1. The number of amides is 1. The largest absolute Gasteiger partial charge is 0.444 e. The Balaban J connectivity index is 1.33. The van der Waals surface area contributed by atoms with Crippen molar-refractivity contribution in [1.29, 1.82) is 5.26 Å². The van der Waals surface area contributed by atoms with Crippen molar-refractivity contribution < 1.29 is 23.0 Å².